The average molecular weight is 246 g/mol. The first-order valence-corrected chi connectivity index (χ1v) is 6.67. The standard InChI is InChI=1S/C15H22N2O/c1-11-3-5-13(6-4-11)9-15(18)17-8-7-12(2)14(17)10-16/h3-6,12,14H,7-10,16H2,1-2H3. The van der Waals surface area contributed by atoms with E-state index >= 15 is 0 Å². The summed E-state index contributed by atoms with van der Waals surface area (Å²) in [4.78, 5) is 14.2. The summed E-state index contributed by atoms with van der Waals surface area (Å²) in [5, 5.41) is 0. The minimum atomic E-state index is 0.207. The van der Waals surface area contributed by atoms with Crippen molar-refractivity contribution >= 4 is 5.91 Å². The number of carbonyl (C=O) groups excluding carboxylic acids is 1. The van der Waals surface area contributed by atoms with E-state index in [4.69, 9.17) is 5.73 Å². The second-order valence-electron chi connectivity index (χ2n) is 5.32. The maximum Gasteiger partial charge on any atom is 0.227 e. The van der Waals surface area contributed by atoms with Gasteiger partial charge in [-0.2, -0.15) is 0 Å². The third-order valence-electron chi connectivity index (χ3n) is 3.92. The van der Waals surface area contributed by atoms with Crippen LogP contribution < -0.4 is 5.73 Å². The molecule has 3 nitrogen and oxygen atoms in total. The number of rotatable bonds is 3. The average Bonchev–Trinajstić information content (AvgIpc) is 2.73. The number of nitrogens with zero attached hydrogens (tertiary/aromatic N) is 1. The van der Waals surface area contributed by atoms with E-state index in [0.29, 0.717) is 18.9 Å². The molecule has 1 fully saturated rings. The second kappa shape index (κ2) is 5.53. The third kappa shape index (κ3) is 2.72. The van der Waals surface area contributed by atoms with E-state index in [1.54, 1.807) is 0 Å². The fraction of sp³-hybridized carbons (Fsp3) is 0.533. The molecule has 3 heteroatoms. The zero-order chi connectivity index (χ0) is 13.1. The summed E-state index contributed by atoms with van der Waals surface area (Å²) in [6.07, 6.45) is 1.56. The summed E-state index contributed by atoms with van der Waals surface area (Å²) in [7, 11) is 0. The molecule has 1 aliphatic rings. The highest BCUT2D eigenvalue weighted by molar-refractivity contribution is 5.79. The topological polar surface area (TPSA) is 46.3 Å². The van der Waals surface area contributed by atoms with Gasteiger partial charge in [-0.1, -0.05) is 36.8 Å². The molecule has 0 aliphatic carbocycles. The van der Waals surface area contributed by atoms with Crippen LogP contribution in [0.1, 0.15) is 24.5 Å². The molecule has 0 spiro atoms. The lowest BCUT2D eigenvalue weighted by Gasteiger charge is -2.25. The second-order valence-corrected chi connectivity index (χ2v) is 5.32. The maximum absolute atomic E-state index is 12.3. The van der Waals surface area contributed by atoms with Crippen LogP contribution in [-0.4, -0.2) is 29.9 Å². The van der Waals surface area contributed by atoms with Crippen LogP contribution in [0.3, 0.4) is 0 Å². The predicted molar refractivity (Wildman–Crippen MR) is 73.2 cm³/mol. The van der Waals surface area contributed by atoms with E-state index in [1.807, 2.05) is 17.0 Å². The molecule has 18 heavy (non-hydrogen) atoms. The quantitative estimate of drug-likeness (QED) is 0.883. The highest BCUT2D eigenvalue weighted by atomic mass is 16.2. The zero-order valence-corrected chi connectivity index (χ0v) is 11.2. The van der Waals surface area contributed by atoms with E-state index in [1.165, 1.54) is 5.56 Å². The lowest BCUT2D eigenvalue weighted by Crippen LogP contribution is -2.42. The Bertz CT molecular complexity index is 413. The molecule has 1 saturated heterocycles. The van der Waals surface area contributed by atoms with Crippen molar-refractivity contribution in [1.29, 1.82) is 0 Å². The number of hydrogen-bond acceptors (Lipinski definition) is 2. The minimum absolute atomic E-state index is 0.207. The van der Waals surface area contributed by atoms with E-state index in [9.17, 15) is 4.79 Å². The highest BCUT2D eigenvalue weighted by Gasteiger charge is 2.32. The SMILES string of the molecule is Cc1ccc(CC(=O)N2CCC(C)C2CN)cc1. The van der Waals surface area contributed by atoms with Crippen LogP contribution in [0.2, 0.25) is 0 Å². The molecule has 2 atom stereocenters. The monoisotopic (exact) mass is 246 g/mol. The molecule has 1 aromatic carbocycles. The van der Waals surface area contributed by atoms with E-state index in [2.05, 4.69) is 26.0 Å². The molecule has 2 N–H and O–H groups in total. The molecule has 1 heterocycles. The minimum Gasteiger partial charge on any atom is -0.338 e. The lowest BCUT2D eigenvalue weighted by atomic mass is 10.0. The van der Waals surface area contributed by atoms with Gasteiger partial charge in [-0.05, 0) is 24.8 Å². The van der Waals surface area contributed by atoms with Crippen molar-refractivity contribution in [3.05, 3.63) is 35.4 Å². The molecule has 2 rings (SSSR count). The first kappa shape index (κ1) is 13.1. The van der Waals surface area contributed by atoms with Crippen molar-refractivity contribution in [3.63, 3.8) is 0 Å². The molecular weight excluding hydrogens is 224 g/mol. The first-order valence-electron chi connectivity index (χ1n) is 6.67. The van der Waals surface area contributed by atoms with Gasteiger partial charge in [-0.3, -0.25) is 4.79 Å². The van der Waals surface area contributed by atoms with Gasteiger partial charge in [0.2, 0.25) is 5.91 Å². The highest BCUT2D eigenvalue weighted by Crippen LogP contribution is 2.23. The molecule has 0 saturated carbocycles. The molecule has 1 amide bonds. The first-order chi connectivity index (χ1) is 8.61. The molecule has 1 aromatic rings. The number of likely N-dealkylation sites (tertiary alicyclic amines) is 1. The Kier molecular flexibility index (Phi) is 4.02. The fourth-order valence-electron chi connectivity index (χ4n) is 2.66. The number of hydrogen-bond donors (Lipinski definition) is 1. The summed E-state index contributed by atoms with van der Waals surface area (Å²) < 4.78 is 0. The van der Waals surface area contributed by atoms with E-state index in [0.717, 1.165) is 18.5 Å². The number of aryl methyl sites for hydroxylation is 1. The van der Waals surface area contributed by atoms with Crippen molar-refractivity contribution in [2.75, 3.05) is 13.1 Å². The van der Waals surface area contributed by atoms with E-state index in [-0.39, 0.29) is 11.9 Å². The van der Waals surface area contributed by atoms with Crippen LogP contribution in [0.25, 0.3) is 0 Å². The Labute approximate surface area is 109 Å². The van der Waals surface area contributed by atoms with Crippen LogP contribution in [0.15, 0.2) is 24.3 Å². The van der Waals surface area contributed by atoms with Crippen LogP contribution in [0.4, 0.5) is 0 Å². The van der Waals surface area contributed by atoms with Gasteiger partial charge in [0.05, 0.1) is 6.42 Å². The van der Waals surface area contributed by atoms with Gasteiger partial charge in [0.1, 0.15) is 0 Å². The number of amides is 1. The Morgan fingerprint density at radius 3 is 2.67 bits per heavy atom. The van der Waals surface area contributed by atoms with Gasteiger partial charge in [-0.15, -0.1) is 0 Å². The van der Waals surface area contributed by atoms with Crippen molar-refractivity contribution in [1.82, 2.24) is 4.90 Å². The van der Waals surface area contributed by atoms with Crippen LogP contribution >= 0.6 is 0 Å². The van der Waals surface area contributed by atoms with E-state index < -0.39 is 0 Å². The Balaban J connectivity index is 2.01. The van der Waals surface area contributed by atoms with Gasteiger partial charge >= 0.3 is 0 Å². The third-order valence-corrected chi connectivity index (χ3v) is 3.92. The smallest absolute Gasteiger partial charge is 0.227 e. The largest absolute Gasteiger partial charge is 0.338 e. The molecule has 1 aliphatic heterocycles. The molecule has 0 radical (unpaired) electrons. The van der Waals surface area contributed by atoms with Crippen LogP contribution in [-0.2, 0) is 11.2 Å². The van der Waals surface area contributed by atoms with Crippen molar-refractivity contribution < 1.29 is 4.79 Å². The zero-order valence-electron chi connectivity index (χ0n) is 11.2. The summed E-state index contributed by atoms with van der Waals surface area (Å²) in [6, 6.07) is 8.39. The van der Waals surface area contributed by atoms with Crippen molar-refractivity contribution in [2.45, 2.75) is 32.7 Å². The van der Waals surface area contributed by atoms with Gasteiger partial charge in [0.15, 0.2) is 0 Å². The Morgan fingerprint density at radius 1 is 1.39 bits per heavy atom. The summed E-state index contributed by atoms with van der Waals surface area (Å²) in [5.41, 5.74) is 8.08. The summed E-state index contributed by atoms with van der Waals surface area (Å²) >= 11 is 0. The van der Waals surface area contributed by atoms with Gasteiger partial charge in [0, 0.05) is 19.1 Å². The number of benzene rings is 1. The molecule has 0 aromatic heterocycles. The fourth-order valence-corrected chi connectivity index (χ4v) is 2.66. The van der Waals surface area contributed by atoms with Gasteiger partial charge < -0.3 is 10.6 Å². The van der Waals surface area contributed by atoms with Crippen LogP contribution in [0.5, 0.6) is 0 Å². The molecule has 2 unspecified atom stereocenters. The number of carbonyl (C=O) groups is 1. The predicted octanol–water partition coefficient (Wildman–Crippen LogP) is 1.73. The van der Waals surface area contributed by atoms with Crippen molar-refractivity contribution in [2.24, 2.45) is 11.7 Å². The normalized spacial score (nSPS) is 23.4. The molecular formula is C15H22N2O. The molecule has 98 valence electrons. The lowest BCUT2D eigenvalue weighted by molar-refractivity contribution is -0.131. The summed E-state index contributed by atoms with van der Waals surface area (Å²) in [6.45, 7) is 5.66. The number of nitrogens with two attached hydrogens (primary N) is 1. The maximum atomic E-state index is 12.3. The Hall–Kier alpha value is -1.35. The van der Waals surface area contributed by atoms with Crippen molar-refractivity contribution in [3.8, 4) is 0 Å². The Morgan fingerprint density at radius 2 is 2.06 bits per heavy atom. The van der Waals surface area contributed by atoms with Crippen LogP contribution in [0, 0.1) is 12.8 Å². The molecule has 0 bridgehead atoms. The summed E-state index contributed by atoms with van der Waals surface area (Å²) in [5.74, 6) is 0.732. The van der Waals surface area contributed by atoms with Gasteiger partial charge in [-0.25, -0.2) is 0 Å². The van der Waals surface area contributed by atoms with Gasteiger partial charge in [0.25, 0.3) is 0 Å².